The zero-order chi connectivity index (χ0) is 19.1. The molecule has 1 amide bonds. The van der Waals surface area contributed by atoms with Crippen LogP contribution in [0.15, 0.2) is 48.5 Å². The normalized spacial score (nSPS) is 12.8. The molecule has 0 unspecified atom stereocenters. The molecule has 5 nitrogen and oxygen atoms in total. The first-order valence-electron chi connectivity index (χ1n) is 8.08. The smallest absolute Gasteiger partial charge is 0.348 e. The Morgan fingerprint density at radius 2 is 1.88 bits per heavy atom. The summed E-state index contributed by atoms with van der Waals surface area (Å²) in [6.45, 7) is 3.21. The van der Waals surface area contributed by atoms with Gasteiger partial charge in [-0.15, -0.1) is 0 Å². The van der Waals surface area contributed by atoms with Crippen LogP contribution in [-0.4, -0.2) is 24.1 Å². The van der Waals surface area contributed by atoms with Gasteiger partial charge in [-0.1, -0.05) is 36.7 Å². The molecule has 0 fully saturated rings. The first-order chi connectivity index (χ1) is 12.4. The van der Waals surface area contributed by atoms with Crippen molar-refractivity contribution in [3.05, 3.63) is 59.4 Å². The van der Waals surface area contributed by atoms with Crippen LogP contribution in [-0.2, 0) is 14.3 Å². The second kappa shape index (κ2) is 9.20. The number of amides is 1. The molecule has 2 atom stereocenters. The van der Waals surface area contributed by atoms with Crippen LogP contribution in [0, 0.1) is 5.82 Å². The van der Waals surface area contributed by atoms with Crippen LogP contribution in [0.3, 0.4) is 0 Å². The highest BCUT2D eigenvalue weighted by atomic mass is 35.5. The standard InChI is InChI=1S/C19H19ClFNO4/c1-3-17(26-14-7-5-4-6-8-14)19(24)25-12(2)18(23)22-16-10-9-13(21)11-15(16)20/h4-12,17H,3H2,1-2H3,(H,22,23)/t12-,17+/m1/s1. The molecule has 138 valence electrons. The molecule has 0 aromatic heterocycles. The van der Waals surface area contributed by atoms with Crippen molar-refractivity contribution >= 4 is 29.2 Å². The largest absolute Gasteiger partial charge is 0.479 e. The van der Waals surface area contributed by atoms with Gasteiger partial charge >= 0.3 is 5.97 Å². The van der Waals surface area contributed by atoms with Gasteiger partial charge in [0.05, 0.1) is 10.7 Å². The highest BCUT2D eigenvalue weighted by Crippen LogP contribution is 2.22. The fourth-order valence-corrected chi connectivity index (χ4v) is 2.30. The summed E-state index contributed by atoms with van der Waals surface area (Å²) in [6.07, 6.45) is -1.52. The fraction of sp³-hybridized carbons (Fsp3) is 0.263. The number of benzene rings is 2. The van der Waals surface area contributed by atoms with Gasteiger partial charge in [-0.05, 0) is 43.7 Å². The van der Waals surface area contributed by atoms with Crippen molar-refractivity contribution in [2.24, 2.45) is 0 Å². The lowest BCUT2D eigenvalue weighted by Gasteiger charge is -2.19. The molecule has 0 radical (unpaired) electrons. The van der Waals surface area contributed by atoms with Crippen LogP contribution in [0.1, 0.15) is 20.3 Å². The van der Waals surface area contributed by atoms with E-state index < -0.39 is 29.9 Å². The van der Waals surface area contributed by atoms with E-state index >= 15 is 0 Å². The van der Waals surface area contributed by atoms with Crippen molar-refractivity contribution in [2.75, 3.05) is 5.32 Å². The van der Waals surface area contributed by atoms with Crippen molar-refractivity contribution < 1.29 is 23.5 Å². The number of halogens is 2. The molecule has 2 rings (SSSR count). The second-order valence-corrected chi connectivity index (χ2v) is 5.93. The molecular weight excluding hydrogens is 361 g/mol. The average molecular weight is 380 g/mol. The maximum absolute atomic E-state index is 13.0. The average Bonchev–Trinajstić information content (AvgIpc) is 2.62. The molecule has 0 saturated heterocycles. The molecule has 0 spiro atoms. The number of nitrogens with one attached hydrogen (secondary N) is 1. The summed E-state index contributed by atoms with van der Waals surface area (Å²) in [4.78, 5) is 24.4. The number of carbonyl (C=O) groups excluding carboxylic acids is 2. The summed E-state index contributed by atoms with van der Waals surface area (Å²) < 4.78 is 23.8. The first-order valence-corrected chi connectivity index (χ1v) is 8.46. The Hall–Kier alpha value is -2.60. The number of esters is 1. The van der Waals surface area contributed by atoms with Crippen molar-refractivity contribution in [1.82, 2.24) is 0 Å². The minimum atomic E-state index is -1.07. The summed E-state index contributed by atoms with van der Waals surface area (Å²) in [7, 11) is 0. The van der Waals surface area contributed by atoms with Crippen LogP contribution in [0.5, 0.6) is 5.75 Å². The molecule has 0 aliphatic heterocycles. The lowest BCUT2D eigenvalue weighted by molar-refractivity contribution is -0.160. The second-order valence-electron chi connectivity index (χ2n) is 5.52. The number of rotatable bonds is 7. The van der Waals surface area contributed by atoms with E-state index in [-0.39, 0.29) is 10.7 Å². The quantitative estimate of drug-likeness (QED) is 0.732. The van der Waals surface area contributed by atoms with Crippen LogP contribution in [0.2, 0.25) is 5.02 Å². The number of anilines is 1. The Morgan fingerprint density at radius 1 is 1.19 bits per heavy atom. The number of ether oxygens (including phenoxy) is 2. The van der Waals surface area contributed by atoms with Gasteiger partial charge in [0.25, 0.3) is 5.91 Å². The van der Waals surface area contributed by atoms with Crippen LogP contribution in [0.4, 0.5) is 10.1 Å². The van der Waals surface area contributed by atoms with Gasteiger partial charge in [0.2, 0.25) is 0 Å². The predicted octanol–water partition coefficient (Wildman–Crippen LogP) is 4.21. The number of hydrogen-bond acceptors (Lipinski definition) is 4. The minimum Gasteiger partial charge on any atom is -0.479 e. The van der Waals surface area contributed by atoms with Crippen molar-refractivity contribution in [2.45, 2.75) is 32.5 Å². The van der Waals surface area contributed by atoms with Gasteiger partial charge in [-0.25, -0.2) is 9.18 Å². The van der Waals surface area contributed by atoms with Gasteiger partial charge < -0.3 is 14.8 Å². The molecule has 0 aliphatic carbocycles. The van der Waals surface area contributed by atoms with E-state index in [1.54, 1.807) is 31.2 Å². The summed E-state index contributed by atoms with van der Waals surface area (Å²) in [5.41, 5.74) is 0.230. The Kier molecular flexibility index (Phi) is 6.97. The van der Waals surface area contributed by atoms with E-state index in [9.17, 15) is 14.0 Å². The first kappa shape index (κ1) is 19.7. The molecule has 26 heavy (non-hydrogen) atoms. The van der Waals surface area contributed by atoms with E-state index in [1.807, 2.05) is 6.07 Å². The van der Waals surface area contributed by atoms with Crippen LogP contribution in [0.25, 0.3) is 0 Å². The third kappa shape index (κ3) is 5.46. The molecule has 7 heteroatoms. The van der Waals surface area contributed by atoms with Crippen molar-refractivity contribution in [1.29, 1.82) is 0 Å². The number of carbonyl (C=O) groups is 2. The Labute approximate surface area is 156 Å². The molecule has 0 saturated carbocycles. The Bertz CT molecular complexity index is 769. The maximum Gasteiger partial charge on any atom is 0.348 e. The van der Waals surface area contributed by atoms with E-state index in [0.29, 0.717) is 12.2 Å². The van der Waals surface area contributed by atoms with Gasteiger partial charge in [-0.2, -0.15) is 0 Å². The highest BCUT2D eigenvalue weighted by Gasteiger charge is 2.25. The zero-order valence-electron chi connectivity index (χ0n) is 14.4. The molecular formula is C19H19ClFNO4. The molecule has 0 aliphatic rings. The Morgan fingerprint density at radius 3 is 2.50 bits per heavy atom. The summed E-state index contributed by atoms with van der Waals surface area (Å²) in [5, 5.41) is 2.55. The monoisotopic (exact) mass is 379 g/mol. The maximum atomic E-state index is 13.0. The predicted molar refractivity (Wildman–Crippen MR) is 96.7 cm³/mol. The minimum absolute atomic E-state index is 0.0516. The van der Waals surface area contributed by atoms with E-state index in [2.05, 4.69) is 5.32 Å². The highest BCUT2D eigenvalue weighted by molar-refractivity contribution is 6.33. The van der Waals surface area contributed by atoms with Gasteiger partial charge in [0.1, 0.15) is 11.6 Å². The van der Waals surface area contributed by atoms with Crippen molar-refractivity contribution in [3.63, 3.8) is 0 Å². The summed E-state index contributed by atoms with van der Waals surface area (Å²) in [5.74, 6) is -1.21. The van der Waals surface area contributed by atoms with Gasteiger partial charge in [0, 0.05) is 0 Å². The topological polar surface area (TPSA) is 64.6 Å². The van der Waals surface area contributed by atoms with Crippen LogP contribution >= 0.6 is 11.6 Å². The number of para-hydroxylation sites is 1. The van der Waals surface area contributed by atoms with Crippen molar-refractivity contribution in [3.8, 4) is 5.75 Å². The molecule has 2 aromatic carbocycles. The molecule has 2 aromatic rings. The molecule has 0 bridgehead atoms. The third-order valence-electron chi connectivity index (χ3n) is 3.51. The molecule has 1 N–H and O–H groups in total. The van der Waals surface area contributed by atoms with Gasteiger partial charge in [-0.3, -0.25) is 4.79 Å². The number of hydrogen-bond donors (Lipinski definition) is 1. The zero-order valence-corrected chi connectivity index (χ0v) is 15.1. The lowest BCUT2D eigenvalue weighted by Crippen LogP contribution is -2.36. The summed E-state index contributed by atoms with van der Waals surface area (Å²) >= 11 is 5.86. The van der Waals surface area contributed by atoms with E-state index in [4.69, 9.17) is 21.1 Å². The van der Waals surface area contributed by atoms with E-state index in [1.165, 1.54) is 19.1 Å². The SMILES string of the molecule is CC[C@H](Oc1ccccc1)C(=O)O[C@H](C)C(=O)Nc1ccc(F)cc1Cl. The fourth-order valence-electron chi connectivity index (χ4n) is 2.09. The summed E-state index contributed by atoms with van der Waals surface area (Å²) in [6, 6.07) is 12.4. The van der Waals surface area contributed by atoms with Gasteiger partial charge in [0.15, 0.2) is 12.2 Å². The molecule has 0 heterocycles. The van der Waals surface area contributed by atoms with E-state index in [0.717, 1.165) is 6.07 Å². The Balaban J connectivity index is 1.94. The van der Waals surface area contributed by atoms with Crippen LogP contribution < -0.4 is 10.1 Å². The lowest BCUT2D eigenvalue weighted by atomic mass is 10.2. The third-order valence-corrected chi connectivity index (χ3v) is 3.82.